The maximum absolute atomic E-state index is 12.9. The lowest BCUT2D eigenvalue weighted by Gasteiger charge is -2.21. The lowest BCUT2D eigenvalue weighted by atomic mass is 10.1. The monoisotopic (exact) mass is 487 g/mol. The predicted octanol–water partition coefficient (Wildman–Crippen LogP) is 2.44. The van der Waals surface area contributed by atoms with Crippen LogP contribution in [0.1, 0.15) is 31.1 Å². The number of sulfonamides is 1. The Morgan fingerprint density at radius 1 is 1.15 bits per heavy atom. The van der Waals surface area contributed by atoms with E-state index in [1.54, 1.807) is 16.3 Å². The Balaban J connectivity index is 1.26. The molecule has 0 radical (unpaired) electrons. The number of nitrogens with zero attached hydrogens (tertiary/aromatic N) is 4. The Labute approximate surface area is 194 Å². The zero-order valence-electron chi connectivity index (χ0n) is 17.5. The first kappa shape index (κ1) is 21.7. The normalized spacial score (nSPS) is 21.6. The molecule has 10 nitrogen and oxygen atoms in total. The first-order valence-corrected chi connectivity index (χ1v) is 12.8. The molecule has 2 aromatic heterocycles. The highest BCUT2D eigenvalue weighted by Gasteiger charge is 2.40. The Morgan fingerprint density at radius 3 is 2.73 bits per heavy atom. The van der Waals surface area contributed by atoms with Crippen molar-refractivity contribution in [2.75, 3.05) is 23.3 Å². The van der Waals surface area contributed by atoms with Gasteiger partial charge in [0, 0.05) is 25.2 Å². The largest absolute Gasteiger partial charge is 0.407 e. The van der Waals surface area contributed by atoms with Crippen LogP contribution in [0.3, 0.4) is 0 Å². The topological polar surface area (TPSA) is 126 Å². The summed E-state index contributed by atoms with van der Waals surface area (Å²) >= 11 is 1.12. The first-order chi connectivity index (χ1) is 15.9. The number of carbonyl (C=O) groups is 2. The highest BCUT2D eigenvalue weighted by Crippen LogP contribution is 2.32. The number of aromatic nitrogens is 2. The molecule has 1 N–H and O–H groups in total. The van der Waals surface area contributed by atoms with Gasteiger partial charge in [0.25, 0.3) is 10.0 Å². The van der Waals surface area contributed by atoms with Crippen LogP contribution in [-0.4, -0.2) is 53.9 Å². The number of amides is 2. The Kier molecular flexibility index (Phi) is 5.72. The number of thiophene rings is 1. The van der Waals surface area contributed by atoms with Gasteiger partial charge in [0.15, 0.2) is 0 Å². The van der Waals surface area contributed by atoms with Gasteiger partial charge in [-0.3, -0.25) is 14.9 Å². The average molecular weight is 488 g/mol. The quantitative estimate of drug-likeness (QED) is 0.566. The zero-order valence-corrected chi connectivity index (χ0v) is 19.1. The minimum absolute atomic E-state index is 0.0460. The van der Waals surface area contributed by atoms with Crippen LogP contribution in [0, 0.1) is 0 Å². The fourth-order valence-corrected chi connectivity index (χ4v) is 6.96. The molecule has 2 atom stereocenters. The summed E-state index contributed by atoms with van der Waals surface area (Å²) in [7, 11) is -3.75. The molecule has 0 spiro atoms. The summed E-state index contributed by atoms with van der Waals surface area (Å²) in [5, 5.41) is 12.1. The molecule has 2 saturated heterocycles. The molecule has 2 fully saturated rings. The molecule has 0 bridgehead atoms. The summed E-state index contributed by atoms with van der Waals surface area (Å²) in [6.07, 6.45) is 1.21. The summed E-state index contributed by atoms with van der Waals surface area (Å²) < 4.78 is 32.8. The van der Waals surface area contributed by atoms with Gasteiger partial charge in [-0.1, -0.05) is 29.4 Å². The van der Waals surface area contributed by atoms with Gasteiger partial charge in [-0.15, -0.1) is 16.4 Å². The molecule has 4 heterocycles. The van der Waals surface area contributed by atoms with Gasteiger partial charge in [0.05, 0.1) is 5.92 Å². The lowest BCUT2D eigenvalue weighted by molar-refractivity contribution is -0.119. The zero-order chi connectivity index (χ0) is 23.0. The van der Waals surface area contributed by atoms with Crippen molar-refractivity contribution in [3.05, 3.63) is 53.7 Å². The van der Waals surface area contributed by atoms with Crippen molar-refractivity contribution >= 4 is 44.9 Å². The van der Waals surface area contributed by atoms with E-state index in [2.05, 4.69) is 15.5 Å². The molecule has 0 saturated carbocycles. The van der Waals surface area contributed by atoms with E-state index in [0.717, 1.165) is 17.0 Å². The van der Waals surface area contributed by atoms with Gasteiger partial charge in [-0.2, -0.15) is 4.31 Å². The van der Waals surface area contributed by atoms with Gasteiger partial charge in [-0.25, -0.2) is 8.42 Å². The van der Waals surface area contributed by atoms with E-state index in [9.17, 15) is 18.0 Å². The highest BCUT2D eigenvalue weighted by molar-refractivity contribution is 7.91. The Bertz CT molecular complexity index is 1260. The number of hydrogen-bond donors (Lipinski definition) is 1. The van der Waals surface area contributed by atoms with Crippen LogP contribution in [-0.2, 0) is 19.6 Å². The molecule has 5 rings (SSSR count). The molecular formula is C21H21N5O5S2. The van der Waals surface area contributed by atoms with Gasteiger partial charge >= 0.3 is 6.01 Å². The number of rotatable bonds is 6. The second-order valence-electron chi connectivity index (χ2n) is 7.88. The predicted molar refractivity (Wildman–Crippen MR) is 120 cm³/mol. The van der Waals surface area contributed by atoms with Crippen molar-refractivity contribution in [2.45, 2.75) is 35.4 Å². The molecule has 0 unspecified atom stereocenters. The van der Waals surface area contributed by atoms with Crippen LogP contribution in [0.25, 0.3) is 0 Å². The van der Waals surface area contributed by atoms with Gasteiger partial charge in [-0.05, 0) is 36.4 Å². The number of carbonyl (C=O) groups excluding carboxylic acids is 2. The van der Waals surface area contributed by atoms with Gasteiger partial charge in [0.1, 0.15) is 10.3 Å². The summed E-state index contributed by atoms with van der Waals surface area (Å²) in [4.78, 5) is 27.0. The minimum Gasteiger partial charge on any atom is -0.407 e. The fraction of sp³-hybridized carbons (Fsp3) is 0.333. The SMILES string of the molecule is O=C(Nc1nnc([C@@H]2CC(=O)N(c3ccccc3)C2)o1)[C@@H]1CCCN1S(=O)(=O)c1cccs1. The molecular weight excluding hydrogens is 466 g/mol. The van der Waals surface area contributed by atoms with E-state index in [0.29, 0.717) is 19.4 Å². The van der Waals surface area contributed by atoms with Crippen molar-refractivity contribution < 1.29 is 22.4 Å². The average Bonchev–Trinajstić information content (AvgIpc) is 3.61. The molecule has 2 aliphatic rings. The third-order valence-electron chi connectivity index (χ3n) is 5.78. The Hall–Kier alpha value is -3.09. The summed E-state index contributed by atoms with van der Waals surface area (Å²) in [6.45, 7) is 0.667. The van der Waals surface area contributed by atoms with Gasteiger partial charge < -0.3 is 9.32 Å². The van der Waals surface area contributed by atoms with Crippen molar-refractivity contribution in [1.82, 2.24) is 14.5 Å². The molecule has 2 aliphatic heterocycles. The lowest BCUT2D eigenvalue weighted by Crippen LogP contribution is -2.42. The standard InChI is InChI=1S/C21H21N5O5S2/c27-17-12-14(13-25(17)15-6-2-1-3-7-15)20-23-24-21(31-20)22-19(28)16-8-4-10-26(16)33(29,30)18-9-5-11-32-18/h1-3,5-7,9,11,14,16H,4,8,10,12-13H2,(H,22,24,28)/t14-,16+/m1/s1. The third kappa shape index (κ3) is 4.16. The van der Waals surface area contributed by atoms with Crippen LogP contribution >= 0.6 is 11.3 Å². The second kappa shape index (κ2) is 8.69. The molecule has 172 valence electrons. The molecule has 3 aromatic rings. The molecule has 0 aliphatic carbocycles. The van der Waals surface area contributed by atoms with E-state index in [-0.39, 0.29) is 40.9 Å². The van der Waals surface area contributed by atoms with E-state index in [4.69, 9.17) is 4.42 Å². The van der Waals surface area contributed by atoms with Crippen molar-refractivity contribution in [1.29, 1.82) is 0 Å². The number of benzene rings is 1. The first-order valence-electron chi connectivity index (χ1n) is 10.5. The van der Waals surface area contributed by atoms with E-state index in [1.165, 1.54) is 10.4 Å². The number of nitrogens with one attached hydrogen (secondary N) is 1. The van der Waals surface area contributed by atoms with Gasteiger partial charge in [0.2, 0.25) is 17.7 Å². The number of para-hydroxylation sites is 1. The Morgan fingerprint density at radius 2 is 1.97 bits per heavy atom. The number of anilines is 2. The van der Waals surface area contributed by atoms with E-state index < -0.39 is 22.0 Å². The number of hydrogen-bond acceptors (Lipinski definition) is 8. The van der Waals surface area contributed by atoms with Crippen LogP contribution in [0.5, 0.6) is 0 Å². The maximum atomic E-state index is 12.9. The van der Waals surface area contributed by atoms with Crippen LogP contribution in [0.2, 0.25) is 0 Å². The molecule has 12 heteroatoms. The van der Waals surface area contributed by atoms with Crippen LogP contribution in [0.4, 0.5) is 11.7 Å². The maximum Gasteiger partial charge on any atom is 0.322 e. The summed E-state index contributed by atoms with van der Waals surface area (Å²) in [5.41, 5.74) is 0.798. The second-order valence-corrected chi connectivity index (χ2v) is 10.9. The highest BCUT2D eigenvalue weighted by atomic mass is 32.2. The summed E-state index contributed by atoms with van der Waals surface area (Å²) in [6, 6.07) is 11.5. The summed E-state index contributed by atoms with van der Waals surface area (Å²) in [5.74, 6) is -0.601. The van der Waals surface area contributed by atoms with Crippen molar-refractivity contribution in [3.63, 3.8) is 0 Å². The van der Waals surface area contributed by atoms with Crippen LogP contribution in [0.15, 0.2) is 56.5 Å². The minimum atomic E-state index is -3.75. The molecule has 2 amide bonds. The smallest absolute Gasteiger partial charge is 0.322 e. The van der Waals surface area contributed by atoms with E-state index >= 15 is 0 Å². The molecule has 1 aromatic carbocycles. The fourth-order valence-electron chi connectivity index (χ4n) is 4.18. The van der Waals surface area contributed by atoms with Crippen LogP contribution < -0.4 is 10.2 Å². The molecule has 33 heavy (non-hydrogen) atoms. The van der Waals surface area contributed by atoms with Crippen molar-refractivity contribution in [3.8, 4) is 0 Å². The van der Waals surface area contributed by atoms with E-state index in [1.807, 2.05) is 30.3 Å². The van der Waals surface area contributed by atoms with Crippen molar-refractivity contribution in [2.24, 2.45) is 0 Å². The third-order valence-corrected chi connectivity index (χ3v) is 9.06.